The van der Waals surface area contributed by atoms with E-state index in [-0.39, 0.29) is 37.9 Å². The molecule has 0 unspecified atom stereocenters. The molecule has 7 aliphatic rings. The predicted octanol–water partition coefficient (Wildman–Crippen LogP) is -1.72. The lowest BCUT2D eigenvalue weighted by atomic mass is 9.35. The van der Waals surface area contributed by atoms with Crippen LogP contribution in [0.15, 0.2) is 23.3 Å². The molecular formula is C47H76O19. The standard InChI is InChI=1S/C47H76O19/c1-22-32(55)38(66-39-36(59)35(58)34(57)27(18-49)64-39)37(60)40(63-22)65-31-10-11-43(3)28(44(31,4)20-50)9-12-45(5)29(43)8-7-23-24-15-42(2,41(61)62-19-26(53)33(56)25(52)17-48)13-14-47(24,21-51)30(54)16-46(23,45)6/h7-8,22,25-40,48-60H,9-21H2,1-6H3/t22-,25-,26+,27-,28-,29-,30-,31+,32+,33-,34-,35+,36-,37-,38+,39+,40+,42-,43+,44+,45-,46-,47-/m1/s1. The first-order valence-corrected chi connectivity index (χ1v) is 23.7. The Morgan fingerprint density at radius 3 is 2.11 bits per heavy atom. The van der Waals surface area contributed by atoms with E-state index >= 15 is 0 Å². The van der Waals surface area contributed by atoms with Gasteiger partial charge >= 0.3 is 5.97 Å². The number of ether oxygens (including phenoxy) is 5. The van der Waals surface area contributed by atoms with Crippen molar-refractivity contribution in [3.63, 3.8) is 0 Å². The van der Waals surface area contributed by atoms with Crippen LogP contribution in [0.1, 0.15) is 92.9 Å². The molecule has 378 valence electrons. The smallest absolute Gasteiger partial charge is 0.312 e. The fourth-order valence-electron chi connectivity index (χ4n) is 13.9. The Morgan fingerprint density at radius 2 is 1.47 bits per heavy atom. The lowest BCUT2D eigenvalue weighted by molar-refractivity contribution is -0.367. The van der Waals surface area contributed by atoms with Gasteiger partial charge in [-0.05, 0) is 93.5 Å². The van der Waals surface area contributed by atoms with Crippen molar-refractivity contribution in [2.45, 2.75) is 185 Å². The van der Waals surface area contributed by atoms with E-state index in [9.17, 15) is 71.2 Å². The van der Waals surface area contributed by atoms with Crippen molar-refractivity contribution in [2.75, 3.05) is 33.0 Å². The molecular weight excluding hydrogens is 868 g/mol. The summed E-state index contributed by atoms with van der Waals surface area (Å²) in [6.45, 7) is 9.21. The van der Waals surface area contributed by atoms with Crippen LogP contribution in [0.4, 0.5) is 0 Å². The van der Waals surface area contributed by atoms with E-state index in [0.717, 1.165) is 11.1 Å². The highest BCUT2D eigenvalue weighted by Crippen LogP contribution is 2.74. The van der Waals surface area contributed by atoms with E-state index in [0.29, 0.717) is 38.5 Å². The van der Waals surface area contributed by atoms with E-state index in [1.807, 2.05) is 6.92 Å². The van der Waals surface area contributed by atoms with E-state index in [2.05, 4.69) is 32.9 Å². The minimum atomic E-state index is -1.78. The zero-order valence-electron chi connectivity index (χ0n) is 38.9. The maximum atomic E-state index is 13.8. The van der Waals surface area contributed by atoms with Crippen molar-refractivity contribution in [3.05, 3.63) is 23.3 Å². The van der Waals surface area contributed by atoms with Gasteiger partial charge in [-0.2, -0.15) is 0 Å². The molecule has 0 radical (unpaired) electrons. The normalized spacial score (nSPS) is 50.6. The number of hydrogen-bond donors (Lipinski definition) is 13. The van der Waals surface area contributed by atoms with Crippen molar-refractivity contribution >= 4 is 5.97 Å². The first-order valence-electron chi connectivity index (χ1n) is 23.7. The molecule has 7 rings (SSSR count). The number of carbonyl (C=O) groups excluding carboxylic acids is 1. The first kappa shape index (κ1) is 52.1. The Morgan fingerprint density at radius 1 is 0.788 bits per heavy atom. The summed E-state index contributed by atoms with van der Waals surface area (Å²) in [4.78, 5) is 13.8. The van der Waals surface area contributed by atoms with Gasteiger partial charge in [0.1, 0.15) is 67.6 Å². The second-order valence-corrected chi connectivity index (χ2v) is 22.1. The van der Waals surface area contributed by atoms with E-state index < -0.39 is 150 Å². The van der Waals surface area contributed by atoms with Gasteiger partial charge in [-0.1, -0.05) is 45.4 Å². The van der Waals surface area contributed by atoms with Crippen molar-refractivity contribution < 1.29 is 94.9 Å². The average Bonchev–Trinajstić information content (AvgIpc) is 3.29. The second kappa shape index (κ2) is 18.8. The molecule has 23 atom stereocenters. The first-order chi connectivity index (χ1) is 30.9. The zero-order valence-corrected chi connectivity index (χ0v) is 38.9. The second-order valence-electron chi connectivity index (χ2n) is 22.1. The molecule has 5 fully saturated rings. The third-order valence-corrected chi connectivity index (χ3v) is 18.5. The fraction of sp³-hybridized carbons (Fsp3) is 0.894. The van der Waals surface area contributed by atoms with Crippen LogP contribution in [0.5, 0.6) is 0 Å². The molecule has 0 aromatic heterocycles. The summed E-state index contributed by atoms with van der Waals surface area (Å²) in [5.41, 5.74) is -2.75. The highest BCUT2D eigenvalue weighted by Gasteiger charge is 2.69. The van der Waals surface area contributed by atoms with Gasteiger partial charge in [-0.15, -0.1) is 0 Å². The Bertz CT molecular complexity index is 1810. The molecule has 0 spiro atoms. The highest BCUT2D eigenvalue weighted by molar-refractivity contribution is 5.77. The number of aliphatic hydroxyl groups excluding tert-OH is 13. The molecule has 13 N–H and O–H groups in total. The summed E-state index contributed by atoms with van der Waals surface area (Å²) in [7, 11) is 0. The van der Waals surface area contributed by atoms with Gasteiger partial charge in [0, 0.05) is 16.2 Å². The van der Waals surface area contributed by atoms with Gasteiger partial charge in [-0.25, -0.2) is 0 Å². The third-order valence-electron chi connectivity index (χ3n) is 18.5. The van der Waals surface area contributed by atoms with Crippen LogP contribution in [0.2, 0.25) is 0 Å². The Kier molecular flexibility index (Phi) is 14.8. The molecule has 0 aromatic rings. The van der Waals surface area contributed by atoms with Crippen LogP contribution in [0, 0.1) is 44.3 Å². The number of hydrogen-bond acceptors (Lipinski definition) is 19. The van der Waals surface area contributed by atoms with Crippen LogP contribution in [0.3, 0.4) is 0 Å². The van der Waals surface area contributed by atoms with Gasteiger partial charge in [0.2, 0.25) is 0 Å². The third kappa shape index (κ3) is 8.06. The number of allylic oxidation sites excluding steroid dienone is 3. The van der Waals surface area contributed by atoms with Crippen LogP contribution < -0.4 is 0 Å². The van der Waals surface area contributed by atoms with Crippen molar-refractivity contribution in [1.82, 2.24) is 0 Å². The Balaban J connectivity index is 1.14. The summed E-state index contributed by atoms with van der Waals surface area (Å²) in [5, 5.41) is 138. The number of aliphatic hydroxyl groups is 13. The topological polar surface area (TPSA) is 326 Å². The molecule has 2 saturated heterocycles. The molecule has 2 aliphatic heterocycles. The van der Waals surface area contributed by atoms with E-state index in [1.165, 1.54) is 0 Å². The van der Waals surface area contributed by atoms with Crippen molar-refractivity contribution in [1.29, 1.82) is 0 Å². The van der Waals surface area contributed by atoms with E-state index in [4.69, 9.17) is 23.7 Å². The van der Waals surface area contributed by atoms with Crippen LogP contribution >= 0.6 is 0 Å². The Hall–Kier alpha value is -1.73. The van der Waals surface area contributed by atoms with Crippen molar-refractivity contribution in [2.24, 2.45) is 44.3 Å². The van der Waals surface area contributed by atoms with Crippen LogP contribution in [-0.4, -0.2) is 197 Å². The SMILES string of the molecule is C[C@H]1O[C@@H](O[C@H]2CC[C@@]3(C)[C@@H](CC[C@]4(C)[C@@H]3C=CC3=C5C[C@](C)(C(=O)OC[C@H](O)[C@H](O)[C@H](O)CO)CC[C@]5(CO)[C@H](O)C[C@]34C)[C@]2(C)CO)[C@H](O)[C@@H](O[C@@H]2O[C@H](CO)[C@@H](O)[C@H](O)[C@H]2O)[C@H]1O. The number of esters is 1. The van der Waals surface area contributed by atoms with Gasteiger partial charge in [0.15, 0.2) is 12.6 Å². The largest absolute Gasteiger partial charge is 0.462 e. The number of rotatable bonds is 13. The lowest BCUT2D eigenvalue weighted by Crippen LogP contribution is -2.67. The summed E-state index contributed by atoms with van der Waals surface area (Å²) in [5.74, 6) is -0.824. The van der Waals surface area contributed by atoms with Gasteiger partial charge in [-0.3, -0.25) is 4.79 Å². The van der Waals surface area contributed by atoms with Crippen LogP contribution in [-0.2, 0) is 28.5 Å². The van der Waals surface area contributed by atoms with E-state index in [1.54, 1.807) is 13.8 Å². The monoisotopic (exact) mass is 944 g/mol. The quantitative estimate of drug-likeness (QED) is 0.0721. The lowest BCUT2D eigenvalue weighted by Gasteiger charge is -2.70. The molecule has 2 heterocycles. The molecule has 5 aliphatic carbocycles. The van der Waals surface area contributed by atoms with Gasteiger partial charge < -0.3 is 90.1 Å². The molecule has 0 amide bonds. The fourth-order valence-corrected chi connectivity index (χ4v) is 13.9. The molecule has 3 saturated carbocycles. The van der Waals surface area contributed by atoms with Crippen molar-refractivity contribution in [3.8, 4) is 0 Å². The molecule has 0 bridgehead atoms. The predicted molar refractivity (Wildman–Crippen MR) is 229 cm³/mol. The number of fused-ring (bicyclic) bond motifs is 6. The maximum Gasteiger partial charge on any atom is 0.312 e. The maximum absolute atomic E-state index is 13.8. The summed E-state index contributed by atoms with van der Waals surface area (Å²) >= 11 is 0. The summed E-state index contributed by atoms with van der Waals surface area (Å²) < 4.78 is 29.5. The van der Waals surface area contributed by atoms with Gasteiger partial charge in [0.25, 0.3) is 0 Å². The molecule has 19 heteroatoms. The zero-order chi connectivity index (χ0) is 48.7. The minimum Gasteiger partial charge on any atom is -0.462 e. The molecule has 19 nitrogen and oxygen atoms in total. The molecule has 0 aromatic carbocycles. The summed E-state index contributed by atoms with van der Waals surface area (Å²) in [6.07, 6.45) is -13.7. The van der Waals surface area contributed by atoms with Gasteiger partial charge in [0.05, 0.1) is 50.2 Å². The minimum absolute atomic E-state index is 0.0658. The average molecular weight is 945 g/mol. The van der Waals surface area contributed by atoms with Crippen LogP contribution in [0.25, 0.3) is 0 Å². The summed E-state index contributed by atoms with van der Waals surface area (Å²) in [6, 6.07) is 0. The number of carbonyl (C=O) groups is 1. The Labute approximate surface area is 385 Å². The molecule has 66 heavy (non-hydrogen) atoms. The highest BCUT2D eigenvalue weighted by atomic mass is 16.7.